The summed E-state index contributed by atoms with van der Waals surface area (Å²) in [5, 5.41) is 7.89. The average molecular weight is 629 g/mol. The summed E-state index contributed by atoms with van der Waals surface area (Å²) in [6.45, 7) is 9.54. The Bertz CT molecular complexity index is 1450. The van der Waals surface area contributed by atoms with Gasteiger partial charge in [0, 0.05) is 42.0 Å². The molecule has 1 aromatic heterocycles. The average Bonchev–Trinajstić information content (AvgIpc) is 3.58. The van der Waals surface area contributed by atoms with E-state index in [0.29, 0.717) is 18.4 Å². The minimum atomic E-state index is -0.220. The van der Waals surface area contributed by atoms with Crippen molar-refractivity contribution in [2.45, 2.75) is 97.1 Å². The van der Waals surface area contributed by atoms with E-state index in [9.17, 15) is 9.59 Å². The fourth-order valence-electron chi connectivity index (χ4n) is 7.24. The molecule has 0 bridgehead atoms. The van der Waals surface area contributed by atoms with Crippen molar-refractivity contribution in [2.24, 2.45) is 11.8 Å². The summed E-state index contributed by atoms with van der Waals surface area (Å²) in [7, 11) is 1.73. The number of carbonyl (C=O) groups is 2. The molecule has 1 amide bonds. The summed E-state index contributed by atoms with van der Waals surface area (Å²) in [6.07, 6.45) is 11.9. The summed E-state index contributed by atoms with van der Waals surface area (Å²) < 4.78 is 12.5. The lowest BCUT2D eigenvalue weighted by atomic mass is 9.78. The molecule has 0 radical (unpaired) electrons. The van der Waals surface area contributed by atoms with Crippen LogP contribution in [0, 0.1) is 18.8 Å². The van der Waals surface area contributed by atoms with Gasteiger partial charge in [-0.15, -0.1) is 0 Å². The van der Waals surface area contributed by atoms with Crippen molar-refractivity contribution in [3.63, 3.8) is 0 Å². The zero-order chi connectivity index (χ0) is 32.6. The molecule has 1 heterocycles. The number of carbonyl (C=O) groups excluding carboxylic acids is 2. The van der Waals surface area contributed by atoms with Crippen LogP contribution in [0.25, 0.3) is 11.1 Å². The highest BCUT2D eigenvalue weighted by Gasteiger charge is 2.33. The van der Waals surface area contributed by atoms with E-state index in [1.54, 1.807) is 7.11 Å². The van der Waals surface area contributed by atoms with Crippen LogP contribution >= 0.6 is 0 Å². The second kappa shape index (κ2) is 15.8. The standard InChI is InChI=1S/C38H52N4O4/c1-6-46-37(43)23-39-34-17-14-30(15-18-34)38(44)41(35-9-7-8-31(21-35)33-22-40-42(25-33)26(2)3)24-28-10-12-29(13-11-28)32-16-19-36(45-5)27(4)20-32/h7-9,16,19-22,25-26,28-30,34,39H,6,10-15,17-18,23-24H2,1-5H3/t28-,29-,30-,34-. The highest BCUT2D eigenvalue weighted by molar-refractivity contribution is 5.95. The van der Waals surface area contributed by atoms with Crippen LogP contribution in [0.1, 0.15) is 95.2 Å². The number of hydrogen-bond acceptors (Lipinski definition) is 6. The van der Waals surface area contributed by atoms with Crippen LogP contribution in [-0.4, -0.2) is 54.5 Å². The Hall–Kier alpha value is -3.65. The van der Waals surface area contributed by atoms with E-state index in [-0.39, 0.29) is 36.4 Å². The van der Waals surface area contributed by atoms with Gasteiger partial charge in [-0.3, -0.25) is 14.3 Å². The summed E-state index contributed by atoms with van der Waals surface area (Å²) in [5.41, 5.74) is 5.69. The third-order valence-electron chi connectivity index (χ3n) is 9.98. The lowest BCUT2D eigenvalue weighted by molar-refractivity contribution is -0.142. The lowest BCUT2D eigenvalue weighted by Crippen LogP contribution is -2.44. The Morgan fingerprint density at radius 1 is 1.00 bits per heavy atom. The second-order valence-corrected chi connectivity index (χ2v) is 13.5. The van der Waals surface area contributed by atoms with E-state index < -0.39 is 0 Å². The molecule has 2 saturated carbocycles. The quantitative estimate of drug-likeness (QED) is 0.210. The van der Waals surface area contributed by atoms with Gasteiger partial charge in [0.25, 0.3) is 0 Å². The summed E-state index contributed by atoms with van der Waals surface area (Å²) in [4.78, 5) is 28.3. The van der Waals surface area contributed by atoms with Gasteiger partial charge in [-0.1, -0.05) is 24.3 Å². The van der Waals surface area contributed by atoms with Gasteiger partial charge in [0.2, 0.25) is 5.91 Å². The molecule has 0 saturated heterocycles. The first-order chi connectivity index (χ1) is 22.2. The van der Waals surface area contributed by atoms with Gasteiger partial charge in [0.05, 0.1) is 26.5 Å². The number of nitrogens with zero attached hydrogens (tertiary/aromatic N) is 3. The van der Waals surface area contributed by atoms with Crippen LogP contribution in [0.5, 0.6) is 5.75 Å². The first kappa shape index (κ1) is 33.7. The zero-order valence-corrected chi connectivity index (χ0v) is 28.3. The summed E-state index contributed by atoms with van der Waals surface area (Å²) >= 11 is 0. The fourth-order valence-corrected chi connectivity index (χ4v) is 7.24. The second-order valence-electron chi connectivity index (χ2n) is 13.5. The number of ether oxygens (including phenoxy) is 2. The molecule has 2 aromatic carbocycles. The molecular weight excluding hydrogens is 576 g/mol. The number of amides is 1. The third-order valence-corrected chi connectivity index (χ3v) is 9.98. The van der Waals surface area contributed by atoms with Gasteiger partial charge in [0.1, 0.15) is 5.75 Å². The Kier molecular flexibility index (Phi) is 11.6. The molecule has 8 nitrogen and oxygen atoms in total. The highest BCUT2D eigenvalue weighted by Crippen LogP contribution is 2.39. The molecule has 0 spiro atoms. The van der Waals surface area contributed by atoms with Crippen LogP contribution in [0.3, 0.4) is 0 Å². The Balaban J connectivity index is 1.29. The molecule has 3 aromatic rings. The maximum absolute atomic E-state index is 14.4. The van der Waals surface area contributed by atoms with Crippen molar-refractivity contribution in [1.29, 1.82) is 0 Å². The maximum Gasteiger partial charge on any atom is 0.319 e. The fraction of sp³-hybridized carbons (Fsp3) is 0.553. The minimum Gasteiger partial charge on any atom is -0.496 e. The smallest absolute Gasteiger partial charge is 0.319 e. The number of aromatic nitrogens is 2. The van der Waals surface area contributed by atoms with Crippen LogP contribution in [0.15, 0.2) is 54.9 Å². The molecule has 5 rings (SSSR count). The molecule has 1 N–H and O–H groups in total. The minimum absolute atomic E-state index is 0.0217. The highest BCUT2D eigenvalue weighted by atomic mass is 16.5. The Morgan fingerprint density at radius 3 is 2.41 bits per heavy atom. The number of benzene rings is 2. The van der Waals surface area contributed by atoms with Gasteiger partial charge < -0.3 is 19.7 Å². The number of rotatable bonds is 12. The van der Waals surface area contributed by atoms with E-state index >= 15 is 0 Å². The van der Waals surface area contributed by atoms with Gasteiger partial charge >= 0.3 is 5.97 Å². The molecule has 2 aliphatic carbocycles. The molecule has 2 fully saturated rings. The topological polar surface area (TPSA) is 85.7 Å². The van der Waals surface area contributed by atoms with Gasteiger partial charge in [0.15, 0.2) is 0 Å². The number of methoxy groups -OCH3 is 1. The van der Waals surface area contributed by atoms with Crippen molar-refractivity contribution in [3.05, 3.63) is 66.0 Å². The monoisotopic (exact) mass is 628 g/mol. The van der Waals surface area contributed by atoms with Crippen molar-refractivity contribution in [2.75, 3.05) is 31.7 Å². The maximum atomic E-state index is 14.4. The Labute approximate surface area is 274 Å². The first-order valence-electron chi connectivity index (χ1n) is 17.2. The van der Waals surface area contributed by atoms with Gasteiger partial charge in [-0.05, 0) is 126 Å². The Morgan fingerprint density at radius 2 is 1.76 bits per heavy atom. The number of esters is 1. The van der Waals surface area contributed by atoms with Crippen molar-refractivity contribution in [1.82, 2.24) is 15.1 Å². The third kappa shape index (κ3) is 8.38. The molecule has 0 atom stereocenters. The number of aryl methyl sites for hydroxylation is 1. The number of nitrogens with one attached hydrogen (secondary N) is 1. The summed E-state index contributed by atoms with van der Waals surface area (Å²) in [6, 6.07) is 15.5. The van der Waals surface area contributed by atoms with Crippen LogP contribution in [0.4, 0.5) is 5.69 Å². The zero-order valence-electron chi connectivity index (χ0n) is 28.3. The van der Waals surface area contributed by atoms with E-state index in [2.05, 4.69) is 84.7 Å². The van der Waals surface area contributed by atoms with Crippen molar-refractivity contribution < 1.29 is 19.1 Å². The normalized spacial score (nSPS) is 21.6. The first-order valence-corrected chi connectivity index (χ1v) is 17.2. The van der Waals surface area contributed by atoms with Crippen LogP contribution < -0.4 is 15.0 Å². The number of anilines is 1. The largest absolute Gasteiger partial charge is 0.496 e. The van der Waals surface area contributed by atoms with Gasteiger partial charge in [-0.25, -0.2) is 0 Å². The molecular formula is C38H52N4O4. The van der Waals surface area contributed by atoms with Crippen LogP contribution in [-0.2, 0) is 14.3 Å². The molecule has 0 aliphatic heterocycles. The predicted octanol–water partition coefficient (Wildman–Crippen LogP) is 7.47. The van der Waals surface area contributed by atoms with Crippen molar-refractivity contribution >= 4 is 17.6 Å². The summed E-state index contributed by atoms with van der Waals surface area (Å²) in [5.74, 6) is 1.92. The predicted molar refractivity (Wildman–Crippen MR) is 183 cm³/mol. The van der Waals surface area contributed by atoms with E-state index in [1.807, 2.05) is 17.8 Å². The van der Waals surface area contributed by atoms with Gasteiger partial charge in [-0.2, -0.15) is 5.10 Å². The SMILES string of the molecule is CCOC(=O)CN[C@H]1CC[C@H](C(=O)N(C[C@H]2CC[C@H](c3ccc(OC)c(C)c3)CC2)c2cccc(-c3cnn(C(C)C)c3)c2)CC1. The van der Waals surface area contributed by atoms with Crippen molar-refractivity contribution in [3.8, 4) is 16.9 Å². The van der Waals surface area contributed by atoms with E-state index in [4.69, 9.17) is 9.47 Å². The van der Waals surface area contributed by atoms with E-state index in [0.717, 1.165) is 80.5 Å². The number of hydrogen-bond donors (Lipinski definition) is 1. The molecule has 8 heteroatoms. The molecule has 0 unspecified atom stereocenters. The van der Waals surface area contributed by atoms with Crippen LogP contribution in [0.2, 0.25) is 0 Å². The lowest BCUT2D eigenvalue weighted by Gasteiger charge is -2.36. The molecule has 248 valence electrons. The van der Waals surface area contributed by atoms with E-state index in [1.165, 1.54) is 11.1 Å². The molecule has 2 aliphatic rings. The molecule has 46 heavy (non-hydrogen) atoms.